The fourth-order valence-electron chi connectivity index (χ4n) is 2.36. The first-order chi connectivity index (χ1) is 10.4. The van der Waals surface area contributed by atoms with E-state index in [9.17, 15) is 13.2 Å². The summed E-state index contributed by atoms with van der Waals surface area (Å²) in [7, 11) is 0. The number of para-hydroxylation sites is 1. The molecule has 0 radical (unpaired) electrons. The minimum absolute atomic E-state index is 0.0591. The number of imidazole rings is 1. The van der Waals surface area contributed by atoms with Crippen LogP contribution in [0.3, 0.4) is 0 Å². The van der Waals surface area contributed by atoms with Gasteiger partial charge in [0.25, 0.3) is 0 Å². The lowest BCUT2D eigenvalue weighted by atomic mass is 10.1. The van der Waals surface area contributed by atoms with Crippen molar-refractivity contribution in [2.75, 3.05) is 5.32 Å². The summed E-state index contributed by atoms with van der Waals surface area (Å²) in [6, 6.07) is 9.28. The van der Waals surface area contributed by atoms with Crippen molar-refractivity contribution in [3.8, 4) is 0 Å². The van der Waals surface area contributed by atoms with Gasteiger partial charge in [-0.3, -0.25) is 0 Å². The largest absolute Gasteiger partial charge is 0.418 e. The van der Waals surface area contributed by atoms with E-state index in [4.69, 9.17) is 0 Å². The van der Waals surface area contributed by atoms with Gasteiger partial charge >= 0.3 is 6.18 Å². The van der Waals surface area contributed by atoms with Gasteiger partial charge in [-0.15, -0.1) is 0 Å². The molecule has 0 saturated heterocycles. The summed E-state index contributed by atoms with van der Waals surface area (Å²) in [6.07, 6.45) is -0.701. The van der Waals surface area contributed by atoms with Gasteiger partial charge in [0.15, 0.2) is 0 Å². The highest BCUT2D eigenvalue weighted by molar-refractivity contribution is 5.53. The SMILES string of the molecule is Cc1cccn2cc(CNc3ccccc3C(F)(F)F)nc12. The Morgan fingerprint density at radius 2 is 1.91 bits per heavy atom. The second-order valence-electron chi connectivity index (χ2n) is 5.05. The molecule has 2 aromatic heterocycles. The number of benzene rings is 1. The number of alkyl halides is 3. The number of aryl methyl sites for hydroxylation is 1. The maximum Gasteiger partial charge on any atom is 0.418 e. The molecule has 114 valence electrons. The van der Waals surface area contributed by atoms with Crippen LogP contribution in [-0.2, 0) is 12.7 Å². The van der Waals surface area contributed by atoms with Gasteiger partial charge in [-0.2, -0.15) is 13.2 Å². The molecular formula is C16H14F3N3. The number of hydrogen-bond acceptors (Lipinski definition) is 2. The van der Waals surface area contributed by atoms with Crippen LogP contribution in [0.1, 0.15) is 16.8 Å². The van der Waals surface area contributed by atoms with Crippen LogP contribution < -0.4 is 5.32 Å². The Balaban J connectivity index is 1.84. The van der Waals surface area contributed by atoms with Crippen LogP contribution in [0.2, 0.25) is 0 Å². The summed E-state index contributed by atoms with van der Waals surface area (Å²) < 4.78 is 40.7. The molecule has 2 heterocycles. The zero-order valence-electron chi connectivity index (χ0n) is 11.9. The average Bonchev–Trinajstić information content (AvgIpc) is 2.89. The molecule has 3 nitrogen and oxygen atoms in total. The summed E-state index contributed by atoms with van der Waals surface area (Å²) in [5.74, 6) is 0. The number of fused-ring (bicyclic) bond motifs is 1. The second-order valence-corrected chi connectivity index (χ2v) is 5.05. The summed E-state index contributed by atoms with van der Waals surface area (Å²) >= 11 is 0. The fraction of sp³-hybridized carbons (Fsp3) is 0.188. The third-order valence-electron chi connectivity index (χ3n) is 3.42. The Bertz CT molecular complexity index is 806. The fourth-order valence-corrected chi connectivity index (χ4v) is 2.36. The van der Waals surface area contributed by atoms with Crippen LogP contribution in [0.15, 0.2) is 48.8 Å². The highest BCUT2D eigenvalue weighted by Gasteiger charge is 2.33. The van der Waals surface area contributed by atoms with E-state index in [-0.39, 0.29) is 12.2 Å². The normalized spacial score (nSPS) is 11.8. The van der Waals surface area contributed by atoms with E-state index in [2.05, 4.69) is 10.3 Å². The van der Waals surface area contributed by atoms with E-state index in [1.165, 1.54) is 12.1 Å². The van der Waals surface area contributed by atoms with Gasteiger partial charge in [0.1, 0.15) is 5.65 Å². The third kappa shape index (κ3) is 2.77. The maximum absolute atomic E-state index is 12.9. The summed E-state index contributed by atoms with van der Waals surface area (Å²) in [5, 5.41) is 2.82. The molecule has 0 atom stereocenters. The molecule has 0 aliphatic heterocycles. The molecule has 0 unspecified atom stereocenters. The van der Waals surface area contributed by atoms with Crippen molar-refractivity contribution >= 4 is 11.3 Å². The number of halogens is 3. The van der Waals surface area contributed by atoms with Gasteiger partial charge in [-0.1, -0.05) is 18.2 Å². The van der Waals surface area contributed by atoms with E-state index in [0.717, 1.165) is 17.3 Å². The Kier molecular flexibility index (Phi) is 3.52. The first kappa shape index (κ1) is 14.4. The molecule has 0 spiro atoms. The molecule has 0 aliphatic rings. The van der Waals surface area contributed by atoms with E-state index in [1.54, 1.807) is 6.07 Å². The molecule has 0 amide bonds. The Morgan fingerprint density at radius 3 is 2.64 bits per heavy atom. The molecule has 22 heavy (non-hydrogen) atoms. The predicted molar refractivity (Wildman–Crippen MR) is 78.7 cm³/mol. The molecule has 1 aromatic carbocycles. The lowest BCUT2D eigenvalue weighted by molar-refractivity contribution is -0.136. The molecule has 1 N–H and O–H groups in total. The quantitative estimate of drug-likeness (QED) is 0.783. The number of nitrogens with zero attached hydrogens (tertiary/aromatic N) is 2. The van der Waals surface area contributed by atoms with Gasteiger partial charge in [0.05, 0.1) is 17.8 Å². The van der Waals surface area contributed by atoms with Gasteiger partial charge < -0.3 is 9.72 Å². The highest BCUT2D eigenvalue weighted by atomic mass is 19.4. The van der Waals surface area contributed by atoms with Crippen molar-refractivity contribution in [2.24, 2.45) is 0 Å². The molecule has 6 heteroatoms. The summed E-state index contributed by atoms with van der Waals surface area (Å²) in [5.41, 5.74) is 1.90. The van der Waals surface area contributed by atoms with Crippen LogP contribution >= 0.6 is 0 Å². The van der Waals surface area contributed by atoms with Crippen molar-refractivity contribution in [2.45, 2.75) is 19.6 Å². The van der Waals surface area contributed by atoms with E-state index in [1.807, 2.05) is 35.9 Å². The minimum Gasteiger partial charge on any atom is -0.379 e. The van der Waals surface area contributed by atoms with Crippen LogP contribution in [0.5, 0.6) is 0 Å². The van der Waals surface area contributed by atoms with Crippen molar-refractivity contribution in [1.82, 2.24) is 9.38 Å². The molecule has 0 saturated carbocycles. The Labute approximate surface area is 125 Å². The molecule has 3 rings (SSSR count). The predicted octanol–water partition coefficient (Wildman–Crippen LogP) is 4.27. The van der Waals surface area contributed by atoms with E-state index < -0.39 is 11.7 Å². The number of pyridine rings is 1. The van der Waals surface area contributed by atoms with Gasteiger partial charge in [0, 0.05) is 18.1 Å². The smallest absolute Gasteiger partial charge is 0.379 e. The Hall–Kier alpha value is -2.50. The van der Waals surface area contributed by atoms with Gasteiger partial charge in [-0.05, 0) is 30.7 Å². The maximum atomic E-state index is 12.9. The topological polar surface area (TPSA) is 29.3 Å². The first-order valence-corrected chi connectivity index (χ1v) is 6.78. The van der Waals surface area contributed by atoms with Crippen molar-refractivity contribution in [3.63, 3.8) is 0 Å². The van der Waals surface area contributed by atoms with Gasteiger partial charge in [0.2, 0.25) is 0 Å². The zero-order chi connectivity index (χ0) is 15.7. The summed E-state index contributed by atoms with van der Waals surface area (Å²) in [6.45, 7) is 2.17. The first-order valence-electron chi connectivity index (χ1n) is 6.78. The molecule has 0 fully saturated rings. The van der Waals surface area contributed by atoms with Crippen molar-refractivity contribution in [3.05, 3.63) is 65.6 Å². The number of rotatable bonds is 3. The third-order valence-corrected chi connectivity index (χ3v) is 3.42. The molecular weight excluding hydrogens is 291 g/mol. The molecule has 3 aromatic rings. The standard InChI is InChI=1S/C16H14F3N3/c1-11-5-4-8-22-10-12(21-15(11)22)9-20-14-7-3-2-6-13(14)16(17,18)19/h2-8,10,20H,9H2,1H3. The minimum atomic E-state index is -4.38. The van der Waals surface area contributed by atoms with E-state index in [0.29, 0.717) is 5.69 Å². The Morgan fingerprint density at radius 1 is 1.14 bits per heavy atom. The average molecular weight is 305 g/mol. The van der Waals surface area contributed by atoms with Crippen LogP contribution in [0.4, 0.5) is 18.9 Å². The monoisotopic (exact) mass is 305 g/mol. The summed E-state index contributed by atoms with van der Waals surface area (Å²) in [4.78, 5) is 4.44. The zero-order valence-corrected chi connectivity index (χ0v) is 11.9. The highest BCUT2D eigenvalue weighted by Crippen LogP contribution is 2.34. The van der Waals surface area contributed by atoms with Crippen molar-refractivity contribution < 1.29 is 13.2 Å². The van der Waals surface area contributed by atoms with E-state index >= 15 is 0 Å². The number of nitrogens with one attached hydrogen (secondary N) is 1. The van der Waals surface area contributed by atoms with Crippen LogP contribution in [0.25, 0.3) is 5.65 Å². The molecule has 0 bridgehead atoms. The lowest BCUT2D eigenvalue weighted by Crippen LogP contribution is -2.10. The number of anilines is 1. The van der Waals surface area contributed by atoms with Crippen molar-refractivity contribution in [1.29, 1.82) is 0 Å². The van der Waals surface area contributed by atoms with Crippen LogP contribution in [-0.4, -0.2) is 9.38 Å². The molecule has 0 aliphatic carbocycles. The lowest BCUT2D eigenvalue weighted by Gasteiger charge is -2.13. The van der Waals surface area contributed by atoms with Gasteiger partial charge in [-0.25, -0.2) is 4.98 Å². The van der Waals surface area contributed by atoms with Crippen LogP contribution in [0, 0.1) is 6.92 Å². The second kappa shape index (κ2) is 5.36. The number of aromatic nitrogens is 2. The number of hydrogen-bond donors (Lipinski definition) is 1.